The molecule has 0 saturated carbocycles. The van der Waals surface area contributed by atoms with Gasteiger partial charge in [0.1, 0.15) is 0 Å². The quantitative estimate of drug-likeness (QED) is 0.439. The number of hydrogen-bond donors (Lipinski definition) is 2. The molecule has 0 bridgehead atoms. The Balaban J connectivity index is 1.58. The molecule has 5 nitrogen and oxygen atoms in total. The van der Waals surface area contributed by atoms with Gasteiger partial charge in [-0.1, -0.05) is 53.7 Å². The van der Waals surface area contributed by atoms with E-state index in [1.165, 1.54) is 17.8 Å². The summed E-state index contributed by atoms with van der Waals surface area (Å²) in [5.41, 5.74) is 0.989. The van der Waals surface area contributed by atoms with Gasteiger partial charge >= 0.3 is 0 Å². The zero-order valence-corrected chi connectivity index (χ0v) is 16.5. The highest BCUT2D eigenvalue weighted by Crippen LogP contribution is 2.23. The van der Waals surface area contributed by atoms with E-state index in [9.17, 15) is 9.59 Å². The minimum Gasteiger partial charge on any atom is -0.324 e. The fourth-order valence-electron chi connectivity index (χ4n) is 2.18. The number of amides is 1. The van der Waals surface area contributed by atoms with Crippen LogP contribution in [-0.4, -0.2) is 21.6 Å². The number of nitrogens with zero attached hydrogens (tertiary/aromatic N) is 1. The van der Waals surface area contributed by atoms with Crippen molar-refractivity contribution in [1.82, 2.24) is 9.97 Å². The van der Waals surface area contributed by atoms with Crippen molar-refractivity contribution in [3.05, 3.63) is 81.7 Å². The Bertz CT molecular complexity index is 980. The molecule has 8 heteroatoms. The van der Waals surface area contributed by atoms with Gasteiger partial charge < -0.3 is 10.3 Å². The van der Waals surface area contributed by atoms with Crippen LogP contribution in [0.25, 0.3) is 0 Å². The van der Waals surface area contributed by atoms with Gasteiger partial charge in [-0.05, 0) is 24.3 Å². The summed E-state index contributed by atoms with van der Waals surface area (Å²) < 4.78 is 0. The lowest BCUT2D eigenvalue weighted by molar-refractivity contribution is -0.113. The number of carbonyl (C=O) groups is 1. The summed E-state index contributed by atoms with van der Waals surface area (Å²) in [6, 6.07) is 18.4. The number of rotatable bonds is 7. The molecule has 0 fully saturated rings. The molecule has 0 unspecified atom stereocenters. The molecule has 2 N–H and O–H groups in total. The van der Waals surface area contributed by atoms with Crippen molar-refractivity contribution in [2.45, 2.75) is 15.8 Å². The van der Waals surface area contributed by atoms with Crippen LogP contribution in [0, 0.1) is 0 Å². The predicted molar refractivity (Wildman–Crippen MR) is 112 cm³/mol. The van der Waals surface area contributed by atoms with E-state index < -0.39 is 0 Å². The second-order valence-corrected chi connectivity index (χ2v) is 7.88. The lowest BCUT2D eigenvalue weighted by Gasteiger charge is -2.07. The second kappa shape index (κ2) is 9.64. The SMILES string of the molecule is O=C(CSc1nc(CSc2ccccc2)cc(=O)[nH]1)Nc1ccccc1Cl. The van der Waals surface area contributed by atoms with Crippen LogP contribution in [-0.2, 0) is 10.5 Å². The van der Waals surface area contributed by atoms with E-state index in [0.29, 0.717) is 27.3 Å². The van der Waals surface area contributed by atoms with E-state index in [0.717, 1.165) is 4.90 Å². The van der Waals surface area contributed by atoms with Crippen molar-refractivity contribution < 1.29 is 4.79 Å². The van der Waals surface area contributed by atoms with Gasteiger partial charge in [0.15, 0.2) is 5.16 Å². The van der Waals surface area contributed by atoms with E-state index in [2.05, 4.69) is 15.3 Å². The van der Waals surface area contributed by atoms with Crippen LogP contribution in [0.1, 0.15) is 5.69 Å². The molecule has 0 aliphatic carbocycles. The maximum absolute atomic E-state index is 12.1. The lowest BCUT2D eigenvalue weighted by atomic mass is 10.3. The van der Waals surface area contributed by atoms with Crippen LogP contribution in [0.4, 0.5) is 5.69 Å². The molecule has 0 aliphatic heterocycles. The predicted octanol–water partition coefficient (Wildman–Crippen LogP) is 4.45. The van der Waals surface area contributed by atoms with Crippen molar-refractivity contribution in [1.29, 1.82) is 0 Å². The van der Waals surface area contributed by atoms with Gasteiger partial charge in [0.05, 0.1) is 22.2 Å². The molecule has 27 heavy (non-hydrogen) atoms. The first-order chi connectivity index (χ1) is 13.1. The Morgan fingerprint density at radius 3 is 2.59 bits per heavy atom. The number of H-pyrrole nitrogens is 1. The topological polar surface area (TPSA) is 74.8 Å². The Morgan fingerprint density at radius 1 is 1.07 bits per heavy atom. The highest BCUT2D eigenvalue weighted by molar-refractivity contribution is 7.99. The third kappa shape index (κ3) is 6.16. The standard InChI is InChI=1S/C19H16ClN3O2S2/c20-15-8-4-5-9-16(15)22-18(25)12-27-19-21-13(10-17(24)23-19)11-26-14-6-2-1-3-7-14/h1-10H,11-12H2,(H,22,25)(H,21,23,24). The van der Waals surface area contributed by atoms with E-state index in [1.807, 2.05) is 30.3 Å². The number of halogens is 1. The highest BCUT2D eigenvalue weighted by atomic mass is 35.5. The number of para-hydroxylation sites is 1. The first-order valence-corrected chi connectivity index (χ1v) is 10.4. The van der Waals surface area contributed by atoms with Crippen molar-refractivity contribution in [2.75, 3.05) is 11.1 Å². The van der Waals surface area contributed by atoms with Crippen molar-refractivity contribution in [2.24, 2.45) is 0 Å². The number of benzene rings is 2. The largest absolute Gasteiger partial charge is 0.324 e. The fourth-order valence-corrected chi connectivity index (χ4v) is 3.87. The van der Waals surface area contributed by atoms with Crippen LogP contribution < -0.4 is 10.9 Å². The number of anilines is 1. The molecule has 1 amide bonds. The summed E-state index contributed by atoms with van der Waals surface area (Å²) in [6.07, 6.45) is 0. The van der Waals surface area contributed by atoms with Crippen LogP contribution >= 0.6 is 35.1 Å². The normalized spacial score (nSPS) is 10.6. The Morgan fingerprint density at radius 2 is 1.81 bits per heavy atom. The van der Waals surface area contributed by atoms with E-state index in [1.54, 1.807) is 36.0 Å². The highest BCUT2D eigenvalue weighted by Gasteiger charge is 2.09. The smallest absolute Gasteiger partial charge is 0.251 e. The third-order valence-corrected chi connectivity index (χ3v) is 5.64. The molecule has 0 atom stereocenters. The molecule has 0 radical (unpaired) electrons. The monoisotopic (exact) mass is 417 g/mol. The summed E-state index contributed by atoms with van der Waals surface area (Å²) in [6.45, 7) is 0. The first-order valence-electron chi connectivity index (χ1n) is 8.05. The third-order valence-electron chi connectivity index (χ3n) is 3.39. The lowest BCUT2D eigenvalue weighted by Crippen LogP contribution is -2.16. The van der Waals surface area contributed by atoms with Gasteiger partial charge in [0.2, 0.25) is 5.91 Å². The first kappa shape index (κ1) is 19.5. The molecule has 3 aromatic rings. The van der Waals surface area contributed by atoms with Gasteiger partial charge in [0, 0.05) is 16.7 Å². The summed E-state index contributed by atoms with van der Waals surface area (Å²) in [7, 11) is 0. The number of hydrogen-bond acceptors (Lipinski definition) is 5. The molecule has 2 aromatic carbocycles. The van der Waals surface area contributed by atoms with Crippen LogP contribution in [0.3, 0.4) is 0 Å². The number of thioether (sulfide) groups is 2. The minimum atomic E-state index is -0.234. The van der Waals surface area contributed by atoms with Gasteiger partial charge in [-0.2, -0.15) is 0 Å². The van der Waals surface area contributed by atoms with E-state index in [4.69, 9.17) is 11.6 Å². The van der Waals surface area contributed by atoms with E-state index in [-0.39, 0.29) is 17.2 Å². The van der Waals surface area contributed by atoms with E-state index >= 15 is 0 Å². The molecule has 138 valence electrons. The number of nitrogens with one attached hydrogen (secondary N) is 2. The number of carbonyl (C=O) groups excluding carboxylic acids is 1. The van der Waals surface area contributed by atoms with Crippen molar-refractivity contribution in [3.8, 4) is 0 Å². The zero-order valence-electron chi connectivity index (χ0n) is 14.1. The molecule has 3 rings (SSSR count). The van der Waals surface area contributed by atoms with Crippen LogP contribution in [0.2, 0.25) is 5.02 Å². The summed E-state index contributed by atoms with van der Waals surface area (Å²) in [5, 5.41) is 3.63. The van der Waals surface area contributed by atoms with Gasteiger partial charge in [0.25, 0.3) is 5.56 Å². The zero-order chi connectivity index (χ0) is 19.1. The Labute approximate surface area is 170 Å². The maximum Gasteiger partial charge on any atom is 0.251 e. The van der Waals surface area contributed by atoms with Gasteiger partial charge in [-0.25, -0.2) is 4.98 Å². The van der Waals surface area contributed by atoms with Crippen molar-refractivity contribution in [3.63, 3.8) is 0 Å². The molecule has 0 spiro atoms. The van der Waals surface area contributed by atoms with Crippen molar-refractivity contribution >= 4 is 46.7 Å². The molecular weight excluding hydrogens is 402 g/mol. The number of aromatic nitrogens is 2. The van der Waals surface area contributed by atoms with Gasteiger partial charge in [-0.3, -0.25) is 9.59 Å². The summed E-state index contributed by atoms with van der Waals surface area (Å²) in [4.78, 5) is 32.2. The van der Waals surface area contributed by atoms with Crippen LogP contribution in [0.5, 0.6) is 0 Å². The summed E-state index contributed by atoms with van der Waals surface area (Å²) >= 11 is 8.80. The second-order valence-electron chi connectivity index (χ2n) is 5.46. The molecule has 0 saturated heterocycles. The summed E-state index contributed by atoms with van der Waals surface area (Å²) in [5.74, 6) is 0.469. The van der Waals surface area contributed by atoms with Gasteiger partial charge in [-0.15, -0.1) is 11.8 Å². The Hall–Kier alpha value is -2.22. The average molecular weight is 418 g/mol. The molecular formula is C19H16ClN3O2S2. The average Bonchev–Trinajstić information content (AvgIpc) is 2.67. The van der Waals surface area contributed by atoms with Crippen LogP contribution in [0.15, 0.2) is 75.5 Å². The molecule has 1 heterocycles. The maximum atomic E-state index is 12.1. The fraction of sp³-hybridized carbons (Fsp3) is 0.105. The molecule has 0 aliphatic rings. The number of aromatic amines is 1. The molecule has 1 aromatic heterocycles. The minimum absolute atomic E-state index is 0.115. The Kier molecular flexibility index (Phi) is 6.98.